The summed E-state index contributed by atoms with van der Waals surface area (Å²) in [5.74, 6) is 0.440. The van der Waals surface area contributed by atoms with Gasteiger partial charge in [-0.2, -0.15) is 0 Å². The maximum absolute atomic E-state index is 13.7. The number of hydrogen-bond donors (Lipinski definition) is 2. The Morgan fingerprint density at radius 3 is 2.67 bits per heavy atom. The molecule has 0 atom stereocenters. The number of amides is 2. The van der Waals surface area contributed by atoms with Crippen molar-refractivity contribution in [2.45, 2.75) is 0 Å². The van der Waals surface area contributed by atoms with Crippen LogP contribution in [0.25, 0.3) is 10.8 Å². The highest BCUT2D eigenvalue weighted by atomic mass is 32.1. The molecule has 134 valence electrons. The first kappa shape index (κ1) is 17.0. The molecule has 0 aliphatic rings. The summed E-state index contributed by atoms with van der Waals surface area (Å²) in [5, 5.41) is 9.48. The lowest BCUT2D eigenvalue weighted by Crippen LogP contribution is -2.19. The van der Waals surface area contributed by atoms with Crippen molar-refractivity contribution in [3.8, 4) is 11.5 Å². The number of carbonyl (C=O) groups is 1. The average Bonchev–Trinajstić information content (AvgIpc) is 3.16. The number of nitrogens with one attached hydrogen (secondary N) is 2. The molecule has 3 aromatic carbocycles. The van der Waals surface area contributed by atoms with E-state index in [1.165, 1.54) is 29.5 Å². The van der Waals surface area contributed by atoms with Crippen LogP contribution >= 0.6 is 11.3 Å². The fourth-order valence-corrected chi connectivity index (χ4v) is 3.11. The highest BCUT2D eigenvalue weighted by Crippen LogP contribution is 2.32. The molecule has 1 aromatic heterocycles. The van der Waals surface area contributed by atoms with Gasteiger partial charge in [0.25, 0.3) is 0 Å². The molecule has 0 aliphatic heterocycles. The molecule has 4 aromatic rings. The van der Waals surface area contributed by atoms with Gasteiger partial charge in [0.15, 0.2) is 10.9 Å². The third-order valence-corrected chi connectivity index (χ3v) is 4.48. The first-order valence-corrected chi connectivity index (χ1v) is 8.99. The lowest BCUT2D eigenvalue weighted by atomic mass is 10.1. The maximum atomic E-state index is 13.7. The molecule has 5 nitrogen and oxygen atoms in total. The molecule has 0 fully saturated rings. The van der Waals surface area contributed by atoms with Crippen LogP contribution in [0.4, 0.5) is 20.0 Å². The second-order valence-corrected chi connectivity index (χ2v) is 6.56. The largest absolute Gasteiger partial charge is 0.455 e. The number of benzene rings is 3. The van der Waals surface area contributed by atoms with E-state index in [1.54, 1.807) is 11.6 Å². The number of fused-ring (bicyclic) bond motifs is 1. The molecule has 0 spiro atoms. The van der Waals surface area contributed by atoms with Crippen molar-refractivity contribution in [2.24, 2.45) is 0 Å². The van der Waals surface area contributed by atoms with Gasteiger partial charge in [-0.25, -0.2) is 14.2 Å². The van der Waals surface area contributed by atoms with Crippen molar-refractivity contribution < 1.29 is 13.9 Å². The Morgan fingerprint density at radius 1 is 1.00 bits per heavy atom. The van der Waals surface area contributed by atoms with Gasteiger partial charge in [-0.05, 0) is 35.0 Å². The molecule has 0 saturated carbocycles. The van der Waals surface area contributed by atoms with E-state index in [-0.39, 0.29) is 5.69 Å². The average molecular weight is 379 g/mol. The Labute approximate surface area is 158 Å². The lowest BCUT2D eigenvalue weighted by Gasteiger charge is -2.13. The summed E-state index contributed by atoms with van der Waals surface area (Å²) in [5.41, 5.74) is 0.220. The Balaban J connectivity index is 1.57. The number of hydrogen-bond acceptors (Lipinski definition) is 4. The molecular formula is C20H14FN3O2S. The molecule has 2 N–H and O–H groups in total. The van der Waals surface area contributed by atoms with Gasteiger partial charge in [0.2, 0.25) is 0 Å². The molecule has 7 heteroatoms. The summed E-state index contributed by atoms with van der Waals surface area (Å²) in [6.45, 7) is 0. The maximum Gasteiger partial charge on any atom is 0.325 e. The van der Waals surface area contributed by atoms with Gasteiger partial charge in [0.1, 0.15) is 11.6 Å². The van der Waals surface area contributed by atoms with Crippen molar-refractivity contribution in [3.05, 3.63) is 78.1 Å². The number of ether oxygens (including phenoxy) is 1. The summed E-state index contributed by atoms with van der Waals surface area (Å²) in [6.07, 6.45) is 1.58. The number of thiazole rings is 1. The quantitative estimate of drug-likeness (QED) is 0.466. The molecule has 0 bridgehead atoms. The summed E-state index contributed by atoms with van der Waals surface area (Å²) in [7, 11) is 0. The first-order chi connectivity index (χ1) is 13.2. The van der Waals surface area contributed by atoms with Crippen LogP contribution in [-0.2, 0) is 0 Å². The monoisotopic (exact) mass is 379 g/mol. The fraction of sp³-hybridized carbons (Fsp3) is 0. The third-order valence-electron chi connectivity index (χ3n) is 3.79. The van der Waals surface area contributed by atoms with Crippen LogP contribution in [0.2, 0.25) is 0 Å². The zero-order valence-corrected chi connectivity index (χ0v) is 14.8. The van der Waals surface area contributed by atoms with E-state index in [9.17, 15) is 9.18 Å². The van der Waals surface area contributed by atoms with Crippen LogP contribution in [0.1, 0.15) is 0 Å². The third kappa shape index (κ3) is 4.04. The molecule has 0 saturated heterocycles. The van der Waals surface area contributed by atoms with Gasteiger partial charge in [0.05, 0.1) is 5.69 Å². The topological polar surface area (TPSA) is 63.2 Å². The minimum Gasteiger partial charge on any atom is -0.455 e. The minimum atomic E-state index is -0.529. The number of nitrogens with zero attached hydrogens (tertiary/aromatic N) is 1. The van der Waals surface area contributed by atoms with Crippen LogP contribution in [0, 0.1) is 5.82 Å². The zero-order valence-electron chi connectivity index (χ0n) is 14.0. The molecular weight excluding hydrogens is 365 g/mol. The lowest BCUT2D eigenvalue weighted by molar-refractivity contribution is 0.262. The highest BCUT2D eigenvalue weighted by molar-refractivity contribution is 7.13. The molecule has 0 aliphatic carbocycles. The number of halogens is 1. The van der Waals surface area contributed by atoms with E-state index >= 15 is 0 Å². The Bertz CT molecular complexity index is 1100. The summed E-state index contributed by atoms with van der Waals surface area (Å²) >= 11 is 1.28. The number of anilines is 2. The highest BCUT2D eigenvalue weighted by Gasteiger charge is 2.11. The minimum absolute atomic E-state index is 0.220. The smallest absolute Gasteiger partial charge is 0.325 e. The van der Waals surface area contributed by atoms with Gasteiger partial charge in [-0.15, -0.1) is 11.3 Å². The molecule has 1 heterocycles. The number of rotatable bonds is 4. The van der Waals surface area contributed by atoms with E-state index in [1.807, 2.05) is 42.5 Å². The number of urea groups is 1. The van der Waals surface area contributed by atoms with E-state index in [4.69, 9.17) is 4.74 Å². The van der Waals surface area contributed by atoms with Crippen molar-refractivity contribution in [1.29, 1.82) is 0 Å². The van der Waals surface area contributed by atoms with Gasteiger partial charge < -0.3 is 10.1 Å². The van der Waals surface area contributed by atoms with Crippen molar-refractivity contribution >= 4 is 39.0 Å². The summed E-state index contributed by atoms with van der Waals surface area (Å²) in [6, 6.07) is 17.0. The SMILES string of the molecule is O=C(Nc1nccs1)Nc1cc(F)ccc1Oc1ccc2ccccc2c1. The van der Waals surface area contributed by atoms with E-state index in [0.717, 1.165) is 10.8 Å². The second-order valence-electron chi connectivity index (χ2n) is 5.67. The van der Waals surface area contributed by atoms with E-state index in [0.29, 0.717) is 16.6 Å². The molecule has 27 heavy (non-hydrogen) atoms. The molecule has 2 amide bonds. The van der Waals surface area contributed by atoms with E-state index in [2.05, 4.69) is 15.6 Å². The van der Waals surface area contributed by atoms with Crippen LogP contribution in [-0.4, -0.2) is 11.0 Å². The fourth-order valence-electron chi connectivity index (χ4n) is 2.58. The zero-order chi connectivity index (χ0) is 18.6. The van der Waals surface area contributed by atoms with E-state index < -0.39 is 11.8 Å². The Kier molecular flexibility index (Phi) is 4.67. The van der Waals surface area contributed by atoms with Gasteiger partial charge in [-0.3, -0.25) is 5.32 Å². The van der Waals surface area contributed by atoms with Crippen molar-refractivity contribution in [1.82, 2.24) is 4.98 Å². The van der Waals surface area contributed by atoms with Gasteiger partial charge in [-0.1, -0.05) is 30.3 Å². The molecule has 0 radical (unpaired) electrons. The molecule has 0 unspecified atom stereocenters. The van der Waals surface area contributed by atoms with Crippen molar-refractivity contribution in [2.75, 3.05) is 10.6 Å². The number of aromatic nitrogens is 1. The summed E-state index contributed by atoms with van der Waals surface area (Å²) < 4.78 is 19.6. The molecule has 4 rings (SSSR count). The second kappa shape index (κ2) is 7.43. The summed E-state index contributed by atoms with van der Waals surface area (Å²) in [4.78, 5) is 16.1. The Morgan fingerprint density at radius 2 is 1.85 bits per heavy atom. The Hall–Kier alpha value is -3.45. The standard InChI is InChI=1S/C20H14FN3O2S/c21-15-6-8-18(17(12-15)23-19(25)24-20-22-9-10-27-20)26-16-7-5-13-3-1-2-4-14(13)11-16/h1-12H,(H2,22,23,24,25). The predicted octanol–water partition coefficient (Wildman–Crippen LogP) is 5.87. The normalized spacial score (nSPS) is 10.6. The van der Waals surface area contributed by atoms with Gasteiger partial charge in [0, 0.05) is 17.6 Å². The van der Waals surface area contributed by atoms with Crippen LogP contribution in [0.15, 0.2) is 72.2 Å². The van der Waals surface area contributed by atoms with Gasteiger partial charge >= 0.3 is 6.03 Å². The predicted molar refractivity (Wildman–Crippen MR) is 105 cm³/mol. The first-order valence-electron chi connectivity index (χ1n) is 8.11. The van der Waals surface area contributed by atoms with Crippen LogP contribution in [0.3, 0.4) is 0 Å². The van der Waals surface area contributed by atoms with Crippen LogP contribution < -0.4 is 15.4 Å². The number of carbonyl (C=O) groups excluding carboxylic acids is 1. The van der Waals surface area contributed by atoms with Crippen LogP contribution in [0.5, 0.6) is 11.5 Å². The van der Waals surface area contributed by atoms with Crippen molar-refractivity contribution in [3.63, 3.8) is 0 Å².